The Kier molecular flexibility index (Phi) is 11.3. The fourth-order valence-corrected chi connectivity index (χ4v) is 5.94. The van der Waals surface area contributed by atoms with E-state index in [-0.39, 0.29) is 0 Å². The number of ether oxygens (including phenoxy) is 4. The Morgan fingerprint density at radius 1 is 0.750 bits per heavy atom. The second-order valence-corrected chi connectivity index (χ2v) is 11.8. The van der Waals surface area contributed by atoms with Crippen molar-refractivity contribution in [1.29, 1.82) is 0 Å². The summed E-state index contributed by atoms with van der Waals surface area (Å²) < 4.78 is 30.1. The van der Waals surface area contributed by atoms with Gasteiger partial charge in [-0.25, -0.2) is 4.98 Å². The third-order valence-electron chi connectivity index (χ3n) is 7.12. The Hall–Kier alpha value is -3.88. The lowest BCUT2D eigenvalue weighted by Crippen LogP contribution is -2.08. The zero-order valence-electron chi connectivity index (χ0n) is 25.3. The SMILES string of the molecule is CCCc1c(OCCCOc2cc(OCc3ccccc3)c(-c3nc(Br)ns3)cc2CC)cccc1Oc1ccccc1C. The fraction of sp³-hybridized carbons (Fsp3) is 0.278. The molecule has 0 radical (unpaired) electrons. The molecule has 228 valence electrons. The van der Waals surface area contributed by atoms with Crippen LogP contribution in [-0.4, -0.2) is 22.6 Å². The molecular weight excluding hydrogens is 636 g/mol. The smallest absolute Gasteiger partial charge is 0.209 e. The number of hydrogen-bond acceptors (Lipinski definition) is 7. The number of halogens is 1. The molecule has 1 heterocycles. The van der Waals surface area contributed by atoms with Crippen LogP contribution in [0.4, 0.5) is 0 Å². The summed E-state index contributed by atoms with van der Waals surface area (Å²) in [6.45, 7) is 7.83. The normalized spacial score (nSPS) is 10.9. The highest BCUT2D eigenvalue weighted by molar-refractivity contribution is 9.10. The van der Waals surface area contributed by atoms with E-state index in [9.17, 15) is 0 Å². The van der Waals surface area contributed by atoms with E-state index < -0.39 is 0 Å². The van der Waals surface area contributed by atoms with E-state index in [0.717, 1.165) is 87.3 Å². The number of hydrogen-bond donors (Lipinski definition) is 0. The number of para-hydroxylation sites is 1. The molecule has 0 bridgehead atoms. The third-order valence-corrected chi connectivity index (χ3v) is 8.46. The lowest BCUT2D eigenvalue weighted by atomic mass is 10.1. The van der Waals surface area contributed by atoms with Gasteiger partial charge in [0.05, 0.1) is 18.8 Å². The van der Waals surface area contributed by atoms with Gasteiger partial charge < -0.3 is 18.9 Å². The van der Waals surface area contributed by atoms with Crippen LogP contribution < -0.4 is 18.9 Å². The van der Waals surface area contributed by atoms with Gasteiger partial charge in [0, 0.05) is 18.1 Å². The molecule has 0 fully saturated rings. The van der Waals surface area contributed by atoms with Crippen molar-refractivity contribution in [3.63, 3.8) is 0 Å². The molecule has 0 aliphatic carbocycles. The van der Waals surface area contributed by atoms with Crippen LogP contribution in [-0.2, 0) is 19.4 Å². The van der Waals surface area contributed by atoms with Crippen LogP contribution in [0.2, 0.25) is 0 Å². The summed E-state index contributed by atoms with van der Waals surface area (Å²) in [6, 6.07) is 28.3. The van der Waals surface area contributed by atoms with Gasteiger partial charge in [0.15, 0.2) is 0 Å². The average Bonchev–Trinajstić information content (AvgIpc) is 3.48. The first kappa shape index (κ1) is 31.5. The van der Waals surface area contributed by atoms with Crippen LogP contribution in [0.25, 0.3) is 10.6 Å². The summed E-state index contributed by atoms with van der Waals surface area (Å²) in [5.74, 6) is 4.09. The van der Waals surface area contributed by atoms with Crippen LogP contribution >= 0.6 is 27.5 Å². The molecule has 44 heavy (non-hydrogen) atoms. The van der Waals surface area contributed by atoms with Crippen molar-refractivity contribution in [2.24, 2.45) is 0 Å². The molecular formula is C36H37BrN2O4S. The monoisotopic (exact) mass is 672 g/mol. The molecule has 8 heteroatoms. The van der Waals surface area contributed by atoms with Gasteiger partial charge in [0.1, 0.15) is 40.4 Å². The highest BCUT2D eigenvalue weighted by atomic mass is 79.9. The third kappa shape index (κ3) is 8.18. The molecule has 6 nitrogen and oxygen atoms in total. The minimum Gasteiger partial charge on any atom is -0.493 e. The van der Waals surface area contributed by atoms with E-state index >= 15 is 0 Å². The Morgan fingerprint density at radius 3 is 2.20 bits per heavy atom. The fourth-order valence-electron chi connectivity index (χ4n) is 4.84. The number of benzene rings is 4. The van der Waals surface area contributed by atoms with Crippen molar-refractivity contribution in [3.8, 4) is 39.3 Å². The Morgan fingerprint density at radius 2 is 1.48 bits per heavy atom. The van der Waals surface area contributed by atoms with Gasteiger partial charge in [-0.05, 0) is 88.2 Å². The van der Waals surface area contributed by atoms with Crippen molar-refractivity contribution < 1.29 is 18.9 Å². The van der Waals surface area contributed by atoms with Crippen LogP contribution in [0, 0.1) is 6.92 Å². The molecule has 0 atom stereocenters. The summed E-state index contributed by atoms with van der Waals surface area (Å²) in [6.07, 6.45) is 3.40. The maximum atomic E-state index is 6.32. The first-order chi connectivity index (χ1) is 21.6. The largest absolute Gasteiger partial charge is 0.493 e. The molecule has 5 aromatic rings. The number of nitrogens with zero attached hydrogens (tertiary/aromatic N) is 2. The second kappa shape index (κ2) is 15.7. The lowest BCUT2D eigenvalue weighted by Gasteiger charge is -2.18. The Bertz CT molecular complexity index is 1660. The van der Waals surface area contributed by atoms with Crippen molar-refractivity contribution in [1.82, 2.24) is 9.36 Å². The molecule has 0 aliphatic heterocycles. The van der Waals surface area contributed by atoms with E-state index in [0.29, 0.717) is 24.6 Å². The molecule has 0 amide bonds. The number of rotatable bonds is 15. The van der Waals surface area contributed by atoms with Crippen LogP contribution in [0.5, 0.6) is 28.7 Å². The van der Waals surface area contributed by atoms with Gasteiger partial charge in [0.25, 0.3) is 0 Å². The van der Waals surface area contributed by atoms with Gasteiger partial charge in [-0.2, -0.15) is 4.37 Å². The van der Waals surface area contributed by atoms with Crippen molar-refractivity contribution in [3.05, 3.63) is 112 Å². The van der Waals surface area contributed by atoms with Gasteiger partial charge in [-0.3, -0.25) is 0 Å². The zero-order valence-corrected chi connectivity index (χ0v) is 27.7. The average molecular weight is 674 g/mol. The first-order valence-corrected chi connectivity index (χ1v) is 16.6. The van der Waals surface area contributed by atoms with Crippen LogP contribution in [0.15, 0.2) is 89.7 Å². The lowest BCUT2D eigenvalue weighted by molar-refractivity contribution is 0.243. The minimum absolute atomic E-state index is 0.444. The van der Waals surface area contributed by atoms with Crippen molar-refractivity contribution >= 4 is 27.5 Å². The molecule has 0 N–H and O–H groups in total. The van der Waals surface area contributed by atoms with E-state index in [2.05, 4.69) is 70.3 Å². The van der Waals surface area contributed by atoms with Crippen molar-refractivity contribution in [2.45, 2.75) is 53.1 Å². The van der Waals surface area contributed by atoms with E-state index in [1.54, 1.807) is 0 Å². The van der Waals surface area contributed by atoms with E-state index in [1.807, 2.05) is 60.7 Å². The standard InChI is InChI=1S/C36H37BrN2O4S/c1-4-13-28-31(18-11-19-32(28)43-30-17-10-9-14-25(30)3)40-20-12-21-41-33-23-34(42-24-26-15-7-6-8-16-26)29(22-27(33)5-2)35-38-36(37)39-44-35/h6-11,14-19,22-23H,4-5,12-13,20-21,24H2,1-3H3. The summed E-state index contributed by atoms with van der Waals surface area (Å²) >= 11 is 4.72. The minimum atomic E-state index is 0.444. The molecule has 0 saturated carbocycles. The molecule has 0 unspecified atom stereocenters. The second-order valence-electron chi connectivity index (χ2n) is 10.4. The summed E-state index contributed by atoms with van der Waals surface area (Å²) in [4.78, 5) is 4.55. The zero-order chi connectivity index (χ0) is 30.7. The summed E-state index contributed by atoms with van der Waals surface area (Å²) in [5.41, 5.74) is 5.28. The topological polar surface area (TPSA) is 62.7 Å². The quantitative estimate of drug-likeness (QED) is 0.103. The predicted octanol–water partition coefficient (Wildman–Crippen LogP) is 10.0. The number of aromatic nitrogens is 2. The highest BCUT2D eigenvalue weighted by Crippen LogP contribution is 2.39. The number of aryl methyl sites for hydroxylation is 2. The van der Waals surface area contributed by atoms with Gasteiger partial charge in [0.2, 0.25) is 4.73 Å². The maximum Gasteiger partial charge on any atom is 0.209 e. The maximum absolute atomic E-state index is 6.32. The molecule has 4 aromatic carbocycles. The van der Waals surface area contributed by atoms with Crippen LogP contribution in [0.1, 0.15) is 48.9 Å². The Labute approximate surface area is 272 Å². The van der Waals surface area contributed by atoms with E-state index in [1.165, 1.54) is 11.5 Å². The summed E-state index contributed by atoms with van der Waals surface area (Å²) in [7, 11) is 0. The van der Waals surface area contributed by atoms with Gasteiger partial charge in [-0.15, -0.1) is 0 Å². The molecule has 5 rings (SSSR count). The van der Waals surface area contributed by atoms with E-state index in [4.69, 9.17) is 18.9 Å². The first-order valence-electron chi connectivity index (χ1n) is 15.0. The van der Waals surface area contributed by atoms with Crippen molar-refractivity contribution in [2.75, 3.05) is 13.2 Å². The molecule has 0 saturated heterocycles. The highest BCUT2D eigenvalue weighted by Gasteiger charge is 2.17. The predicted molar refractivity (Wildman–Crippen MR) is 180 cm³/mol. The van der Waals surface area contributed by atoms with Gasteiger partial charge in [-0.1, -0.05) is 74.9 Å². The van der Waals surface area contributed by atoms with Crippen LogP contribution in [0.3, 0.4) is 0 Å². The van der Waals surface area contributed by atoms with Gasteiger partial charge >= 0.3 is 0 Å². The molecule has 0 aliphatic rings. The molecule has 0 spiro atoms. The summed E-state index contributed by atoms with van der Waals surface area (Å²) in [5, 5.41) is 0.797. The molecule has 1 aromatic heterocycles. The Balaban J connectivity index is 1.26.